The van der Waals surface area contributed by atoms with Crippen molar-refractivity contribution in [2.75, 3.05) is 40.9 Å². The summed E-state index contributed by atoms with van der Waals surface area (Å²) in [7, 11) is 1.27. The van der Waals surface area contributed by atoms with E-state index in [-0.39, 0.29) is 19.1 Å². The largest absolute Gasteiger partial charge is 0.756 e. The first-order valence-electron chi connectivity index (χ1n) is 27.6. The summed E-state index contributed by atoms with van der Waals surface area (Å²) in [5.41, 5.74) is 0. The number of hydrogen-bond donors (Lipinski definition) is 2. The molecule has 0 aromatic rings. The normalized spacial score (nSPS) is 14.1. The number of quaternary nitrogens is 1. The van der Waals surface area contributed by atoms with Gasteiger partial charge in [0.25, 0.3) is 7.82 Å². The van der Waals surface area contributed by atoms with Crippen LogP contribution in [0, 0.1) is 0 Å². The summed E-state index contributed by atoms with van der Waals surface area (Å²) >= 11 is 0. The number of carbonyl (C=O) groups is 1. The molecular formula is C54H109N2O6P. The second-order valence-electron chi connectivity index (χ2n) is 20.3. The number of aliphatic hydroxyl groups is 1. The van der Waals surface area contributed by atoms with E-state index in [4.69, 9.17) is 9.05 Å². The molecule has 0 radical (unpaired) electrons. The summed E-state index contributed by atoms with van der Waals surface area (Å²) in [6.07, 6.45) is 55.8. The van der Waals surface area contributed by atoms with Crippen LogP contribution in [0.15, 0.2) is 12.2 Å². The molecule has 0 saturated heterocycles. The van der Waals surface area contributed by atoms with Gasteiger partial charge in [-0.3, -0.25) is 9.36 Å². The van der Waals surface area contributed by atoms with E-state index in [0.29, 0.717) is 17.4 Å². The van der Waals surface area contributed by atoms with Crippen LogP contribution >= 0.6 is 7.82 Å². The van der Waals surface area contributed by atoms with Crippen LogP contribution in [-0.2, 0) is 18.4 Å². The second-order valence-corrected chi connectivity index (χ2v) is 21.7. The fourth-order valence-electron chi connectivity index (χ4n) is 8.39. The Labute approximate surface area is 392 Å². The Bertz CT molecular complexity index is 1040. The molecule has 0 heterocycles. The number of likely N-dealkylation sites (N-methyl/N-ethyl adjacent to an activating group) is 1. The van der Waals surface area contributed by atoms with Crippen molar-refractivity contribution >= 4 is 13.7 Å². The summed E-state index contributed by atoms with van der Waals surface area (Å²) in [5.74, 6) is -0.192. The summed E-state index contributed by atoms with van der Waals surface area (Å²) in [4.78, 5) is 25.4. The summed E-state index contributed by atoms with van der Waals surface area (Å²) in [6.45, 7) is 4.67. The number of nitrogens with one attached hydrogen (secondary N) is 1. The fourth-order valence-corrected chi connectivity index (χ4v) is 9.11. The van der Waals surface area contributed by atoms with Crippen molar-refractivity contribution in [1.82, 2.24) is 5.32 Å². The van der Waals surface area contributed by atoms with Crippen LogP contribution in [0.3, 0.4) is 0 Å². The van der Waals surface area contributed by atoms with Crippen LogP contribution in [-0.4, -0.2) is 68.5 Å². The Hall–Kier alpha value is -0.760. The first-order valence-corrected chi connectivity index (χ1v) is 29.0. The van der Waals surface area contributed by atoms with E-state index < -0.39 is 20.0 Å². The molecule has 9 heteroatoms. The predicted octanol–water partition coefficient (Wildman–Crippen LogP) is 15.6. The minimum atomic E-state index is -4.58. The van der Waals surface area contributed by atoms with E-state index in [9.17, 15) is 19.4 Å². The van der Waals surface area contributed by atoms with E-state index in [2.05, 4.69) is 19.2 Å². The quantitative estimate of drug-likeness (QED) is 0.0272. The van der Waals surface area contributed by atoms with Crippen molar-refractivity contribution in [2.45, 2.75) is 289 Å². The third-order valence-electron chi connectivity index (χ3n) is 12.7. The Morgan fingerprint density at radius 1 is 0.540 bits per heavy atom. The van der Waals surface area contributed by atoms with Crippen molar-refractivity contribution in [2.24, 2.45) is 0 Å². The number of phosphoric ester groups is 1. The van der Waals surface area contributed by atoms with Gasteiger partial charge in [-0.1, -0.05) is 264 Å². The van der Waals surface area contributed by atoms with E-state index in [1.165, 1.54) is 218 Å². The Kier molecular flexibility index (Phi) is 45.8. The van der Waals surface area contributed by atoms with E-state index in [0.717, 1.165) is 38.5 Å². The van der Waals surface area contributed by atoms with Gasteiger partial charge < -0.3 is 28.8 Å². The van der Waals surface area contributed by atoms with Gasteiger partial charge in [0, 0.05) is 6.42 Å². The molecule has 376 valence electrons. The molecule has 0 fully saturated rings. The summed E-state index contributed by atoms with van der Waals surface area (Å²) in [6, 6.07) is -0.880. The highest BCUT2D eigenvalue weighted by atomic mass is 31.2. The molecule has 0 aliphatic rings. The van der Waals surface area contributed by atoms with Crippen molar-refractivity contribution in [3.05, 3.63) is 12.2 Å². The molecular weight excluding hydrogens is 804 g/mol. The lowest BCUT2D eigenvalue weighted by molar-refractivity contribution is -0.870. The lowest BCUT2D eigenvalue weighted by Gasteiger charge is -2.29. The fraction of sp³-hybridized carbons (Fsp3) is 0.944. The maximum atomic E-state index is 12.9. The number of amides is 1. The molecule has 8 nitrogen and oxygen atoms in total. The SMILES string of the molecule is CCCCCCCCCCCC/C=C/C(O)C(COP(=O)([O-])OCC[N+](C)(C)C)NC(=O)CCCCCCCCCCCCCCCCCCCCCCCCCCCCCCC. The maximum Gasteiger partial charge on any atom is 0.268 e. The van der Waals surface area contributed by atoms with E-state index in [1.54, 1.807) is 6.08 Å². The number of phosphoric acid groups is 1. The number of nitrogens with zero attached hydrogens (tertiary/aromatic N) is 1. The first-order chi connectivity index (χ1) is 30.5. The van der Waals surface area contributed by atoms with Crippen LogP contribution in [0.25, 0.3) is 0 Å². The highest BCUT2D eigenvalue weighted by Gasteiger charge is 2.23. The number of rotatable bonds is 51. The maximum absolute atomic E-state index is 12.9. The van der Waals surface area contributed by atoms with Crippen molar-refractivity contribution in [1.29, 1.82) is 0 Å². The van der Waals surface area contributed by atoms with Gasteiger partial charge in [-0.2, -0.15) is 0 Å². The molecule has 3 atom stereocenters. The third kappa shape index (κ3) is 49.0. The molecule has 0 spiro atoms. The molecule has 3 unspecified atom stereocenters. The summed E-state index contributed by atoms with van der Waals surface area (Å²) < 4.78 is 23.3. The van der Waals surface area contributed by atoms with Gasteiger partial charge in [0.15, 0.2) is 0 Å². The van der Waals surface area contributed by atoms with Crippen molar-refractivity contribution < 1.29 is 32.9 Å². The highest BCUT2D eigenvalue weighted by Crippen LogP contribution is 2.38. The van der Waals surface area contributed by atoms with Crippen molar-refractivity contribution in [3.8, 4) is 0 Å². The zero-order chi connectivity index (χ0) is 46.4. The van der Waals surface area contributed by atoms with Crippen LogP contribution < -0.4 is 10.2 Å². The molecule has 0 bridgehead atoms. The second kappa shape index (κ2) is 46.4. The molecule has 0 rings (SSSR count). The monoisotopic (exact) mass is 913 g/mol. The molecule has 0 saturated carbocycles. The zero-order valence-corrected chi connectivity index (χ0v) is 43.7. The summed E-state index contributed by atoms with van der Waals surface area (Å²) in [5, 5.41) is 13.8. The number of aliphatic hydroxyl groups excluding tert-OH is 1. The van der Waals surface area contributed by atoms with Gasteiger partial charge >= 0.3 is 0 Å². The Balaban J connectivity index is 4.02. The molecule has 2 N–H and O–H groups in total. The molecule has 0 aliphatic carbocycles. The number of hydrogen-bond acceptors (Lipinski definition) is 6. The van der Waals surface area contributed by atoms with Gasteiger partial charge in [-0.05, 0) is 19.3 Å². The highest BCUT2D eigenvalue weighted by molar-refractivity contribution is 7.45. The minimum Gasteiger partial charge on any atom is -0.756 e. The van der Waals surface area contributed by atoms with Gasteiger partial charge in [0.2, 0.25) is 5.91 Å². The van der Waals surface area contributed by atoms with Crippen LogP contribution in [0.1, 0.15) is 277 Å². The number of carbonyl (C=O) groups excluding carboxylic acids is 1. The molecule has 1 amide bonds. The Morgan fingerprint density at radius 3 is 1.19 bits per heavy atom. The molecule has 0 aromatic carbocycles. The molecule has 0 aliphatic heterocycles. The number of unbranched alkanes of at least 4 members (excludes halogenated alkanes) is 38. The lowest BCUT2D eigenvalue weighted by atomic mass is 10.0. The van der Waals surface area contributed by atoms with E-state index >= 15 is 0 Å². The smallest absolute Gasteiger partial charge is 0.268 e. The first kappa shape index (κ1) is 62.2. The predicted molar refractivity (Wildman–Crippen MR) is 270 cm³/mol. The van der Waals surface area contributed by atoms with Crippen LogP contribution in [0.2, 0.25) is 0 Å². The van der Waals surface area contributed by atoms with Crippen molar-refractivity contribution in [3.63, 3.8) is 0 Å². The standard InChI is InChI=1S/C54H109N2O6P/c1-6-8-10-12-14-16-18-20-21-22-23-24-25-26-27-28-29-30-31-32-33-34-35-36-38-40-42-44-46-48-54(58)55-52(51-62-63(59,60)61-50-49-56(3,4)5)53(57)47-45-43-41-39-37-19-17-15-13-11-9-7-2/h45,47,52-53,57H,6-44,46,48-51H2,1-5H3,(H-,55,58,59,60)/b47-45+. The third-order valence-corrected chi connectivity index (χ3v) is 13.7. The molecule has 63 heavy (non-hydrogen) atoms. The lowest BCUT2D eigenvalue weighted by Crippen LogP contribution is -2.45. The van der Waals surface area contributed by atoms with Gasteiger partial charge in [-0.25, -0.2) is 0 Å². The zero-order valence-electron chi connectivity index (χ0n) is 42.8. The van der Waals surface area contributed by atoms with Crippen LogP contribution in [0.4, 0.5) is 0 Å². The molecule has 0 aromatic heterocycles. The minimum absolute atomic E-state index is 0.00227. The Morgan fingerprint density at radius 2 is 0.857 bits per heavy atom. The van der Waals surface area contributed by atoms with E-state index in [1.807, 2.05) is 27.2 Å². The van der Waals surface area contributed by atoms with Gasteiger partial charge in [0.1, 0.15) is 13.2 Å². The van der Waals surface area contributed by atoms with Gasteiger partial charge in [0.05, 0.1) is 39.9 Å². The van der Waals surface area contributed by atoms with Gasteiger partial charge in [-0.15, -0.1) is 0 Å². The number of allylic oxidation sites excluding steroid dienone is 1. The van der Waals surface area contributed by atoms with Crippen LogP contribution in [0.5, 0.6) is 0 Å². The average molecular weight is 913 g/mol. The topological polar surface area (TPSA) is 108 Å². The average Bonchev–Trinajstić information content (AvgIpc) is 3.24.